The Balaban J connectivity index is 2.39. The highest BCUT2D eigenvalue weighted by Gasteiger charge is 2.27. The fraction of sp³-hybridized carbons (Fsp3) is 0.238. The lowest BCUT2D eigenvalue weighted by Crippen LogP contribution is -2.38. The van der Waals surface area contributed by atoms with Crippen molar-refractivity contribution in [2.24, 2.45) is 5.41 Å². The summed E-state index contributed by atoms with van der Waals surface area (Å²) in [6.07, 6.45) is 0. The van der Waals surface area contributed by atoms with E-state index in [2.05, 4.69) is 0 Å². The molecule has 3 aromatic rings. The maximum absolute atomic E-state index is 13.1. The van der Waals surface area contributed by atoms with E-state index in [1.807, 2.05) is 30.3 Å². The van der Waals surface area contributed by atoms with Crippen molar-refractivity contribution in [3.8, 4) is 11.3 Å². The Morgan fingerprint density at radius 1 is 1.00 bits per heavy atom. The van der Waals surface area contributed by atoms with Gasteiger partial charge in [-0.25, -0.2) is 4.79 Å². The van der Waals surface area contributed by atoms with Crippen molar-refractivity contribution in [3.05, 3.63) is 70.5 Å². The Labute approximate surface area is 151 Å². The normalized spacial score (nSPS) is 11.5. The van der Waals surface area contributed by atoms with Crippen LogP contribution < -0.4 is 10.4 Å². The molecule has 5 heteroatoms. The number of carbonyl (C=O) groups excluding carboxylic acids is 1. The largest absolute Gasteiger partial charge is 0.392 e. The summed E-state index contributed by atoms with van der Waals surface area (Å²) in [6, 6.07) is 16.1. The Hall–Kier alpha value is -2.92. The molecule has 5 nitrogen and oxygen atoms in total. The number of benzene rings is 2. The molecular weight excluding hydrogens is 330 g/mol. The monoisotopic (exact) mass is 351 g/mol. The summed E-state index contributed by atoms with van der Waals surface area (Å²) in [6.45, 7) is 4.86. The van der Waals surface area contributed by atoms with Crippen LogP contribution in [0.25, 0.3) is 22.0 Å². The van der Waals surface area contributed by atoms with E-state index < -0.39 is 16.9 Å². The predicted octanol–water partition coefficient (Wildman–Crippen LogP) is 3.16. The topological polar surface area (TPSA) is 68.5 Å². The summed E-state index contributed by atoms with van der Waals surface area (Å²) in [5.74, 6) is -0.532. The van der Waals surface area contributed by atoms with E-state index in [1.165, 1.54) is 0 Å². The lowest BCUT2D eigenvalue weighted by molar-refractivity contribution is -0.153. The molecule has 0 amide bonds. The lowest BCUT2D eigenvalue weighted by Gasteiger charge is -2.21. The van der Waals surface area contributed by atoms with Crippen molar-refractivity contribution < 1.29 is 14.7 Å². The number of rotatable bonds is 3. The minimum Gasteiger partial charge on any atom is -0.392 e. The molecule has 0 saturated heterocycles. The number of pyridine rings is 1. The van der Waals surface area contributed by atoms with Crippen LogP contribution in [0.4, 0.5) is 0 Å². The van der Waals surface area contributed by atoms with Crippen LogP contribution in [0.15, 0.2) is 59.4 Å². The summed E-state index contributed by atoms with van der Waals surface area (Å²) >= 11 is 0. The number of carbonyl (C=O) groups is 1. The number of nitrogens with zero attached hydrogens (tertiary/aromatic N) is 1. The van der Waals surface area contributed by atoms with E-state index >= 15 is 0 Å². The van der Waals surface area contributed by atoms with E-state index in [4.69, 9.17) is 4.84 Å². The predicted molar refractivity (Wildman–Crippen MR) is 101 cm³/mol. The average Bonchev–Trinajstić information content (AvgIpc) is 2.63. The van der Waals surface area contributed by atoms with Gasteiger partial charge in [0.2, 0.25) is 0 Å². The summed E-state index contributed by atoms with van der Waals surface area (Å²) < 4.78 is 1.01. The van der Waals surface area contributed by atoms with Crippen LogP contribution >= 0.6 is 0 Å². The van der Waals surface area contributed by atoms with Crippen LogP contribution in [0.1, 0.15) is 26.3 Å². The Morgan fingerprint density at radius 3 is 2.15 bits per heavy atom. The van der Waals surface area contributed by atoms with Gasteiger partial charge in [0.05, 0.1) is 23.1 Å². The molecule has 0 saturated carbocycles. The van der Waals surface area contributed by atoms with E-state index in [0.717, 1.165) is 4.73 Å². The molecule has 26 heavy (non-hydrogen) atoms. The van der Waals surface area contributed by atoms with Gasteiger partial charge in [0.25, 0.3) is 5.56 Å². The van der Waals surface area contributed by atoms with Crippen LogP contribution in [-0.2, 0) is 11.4 Å². The first kappa shape index (κ1) is 17.9. The zero-order valence-electron chi connectivity index (χ0n) is 15.0. The Kier molecular flexibility index (Phi) is 4.66. The fourth-order valence-corrected chi connectivity index (χ4v) is 2.75. The van der Waals surface area contributed by atoms with Crippen LogP contribution in [0.3, 0.4) is 0 Å². The van der Waals surface area contributed by atoms with Gasteiger partial charge in [-0.15, -0.1) is 4.73 Å². The minimum absolute atomic E-state index is 0.294. The second-order valence-corrected chi connectivity index (χ2v) is 7.13. The Bertz CT molecular complexity index is 1010. The molecular formula is C21H21NO4. The third-order valence-electron chi connectivity index (χ3n) is 4.15. The van der Waals surface area contributed by atoms with Crippen molar-refractivity contribution in [2.75, 3.05) is 0 Å². The van der Waals surface area contributed by atoms with Gasteiger partial charge in [-0.2, -0.15) is 0 Å². The molecule has 0 atom stereocenters. The lowest BCUT2D eigenvalue weighted by atomic mass is 9.97. The zero-order valence-corrected chi connectivity index (χ0v) is 15.0. The standard InChI is InChI=1S/C21H21NO4/c1-21(2,3)20(25)26-22-18(14-9-5-4-6-10-14)17(13-23)15-11-7-8-12-16(15)19(22)24/h4-12,23H,13H2,1-3H3. The highest BCUT2D eigenvalue weighted by atomic mass is 16.7. The van der Waals surface area contributed by atoms with Crippen molar-refractivity contribution in [2.45, 2.75) is 27.4 Å². The third-order valence-corrected chi connectivity index (χ3v) is 4.15. The van der Waals surface area contributed by atoms with Gasteiger partial charge in [0, 0.05) is 11.1 Å². The first-order chi connectivity index (χ1) is 12.3. The van der Waals surface area contributed by atoms with E-state index in [-0.39, 0.29) is 6.61 Å². The number of aromatic nitrogens is 1. The summed E-state index contributed by atoms with van der Waals surface area (Å²) in [4.78, 5) is 31.0. The number of hydrogen-bond donors (Lipinski definition) is 1. The molecule has 0 aliphatic rings. The number of hydrogen-bond acceptors (Lipinski definition) is 4. The second kappa shape index (κ2) is 6.77. The molecule has 0 unspecified atom stereocenters. The summed E-state index contributed by atoms with van der Waals surface area (Å²) in [5.41, 5.74) is 0.385. The highest BCUT2D eigenvalue weighted by Crippen LogP contribution is 2.28. The van der Waals surface area contributed by atoms with E-state index in [0.29, 0.717) is 27.6 Å². The quantitative estimate of drug-likeness (QED) is 0.787. The molecule has 2 aromatic carbocycles. The van der Waals surface area contributed by atoms with Crippen LogP contribution in [-0.4, -0.2) is 15.8 Å². The maximum atomic E-state index is 13.1. The number of aliphatic hydroxyl groups excluding tert-OH is 1. The van der Waals surface area contributed by atoms with Gasteiger partial charge in [0.15, 0.2) is 0 Å². The van der Waals surface area contributed by atoms with Crippen molar-refractivity contribution in [3.63, 3.8) is 0 Å². The van der Waals surface area contributed by atoms with Crippen LogP contribution in [0, 0.1) is 5.41 Å². The van der Waals surface area contributed by atoms with Gasteiger partial charge >= 0.3 is 5.97 Å². The van der Waals surface area contributed by atoms with Crippen molar-refractivity contribution in [1.82, 2.24) is 4.73 Å². The van der Waals surface area contributed by atoms with E-state index in [1.54, 1.807) is 45.0 Å². The average molecular weight is 351 g/mol. The van der Waals surface area contributed by atoms with Gasteiger partial charge in [-0.1, -0.05) is 48.5 Å². The number of fused-ring (bicyclic) bond motifs is 1. The molecule has 0 bridgehead atoms. The van der Waals surface area contributed by atoms with E-state index in [9.17, 15) is 14.7 Å². The zero-order chi connectivity index (χ0) is 18.9. The van der Waals surface area contributed by atoms with Gasteiger partial charge < -0.3 is 9.94 Å². The van der Waals surface area contributed by atoms with Gasteiger partial charge in [-0.05, 0) is 32.2 Å². The first-order valence-electron chi connectivity index (χ1n) is 8.40. The Morgan fingerprint density at radius 2 is 1.58 bits per heavy atom. The fourth-order valence-electron chi connectivity index (χ4n) is 2.75. The molecule has 1 heterocycles. The van der Waals surface area contributed by atoms with Crippen LogP contribution in [0.2, 0.25) is 0 Å². The van der Waals surface area contributed by atoms with Gasteiger partial charge in [-0.3, -0.25) is 4.79 Å². The molecule has 0 aliphatic carbocycles. The van der Waals surface area contributed by atoms with Gasteiger partial charge in [0.1, 0.15) is 0 Å². The molecule has 134 valence electrons. The van der Waals surface area contributed by atoms with Crippen LogP contribution in [0.5, 0.6) is 0 Å². The molecule has 0 fully saturated rings. The smallest absolute Gasteiger partial charge is 0.338 e. The SMILES string of the molecule is CC(C)(C)C(=O)On1c(-c2ccccc2)c(CO)c2ccccc2c1=O. The molecule has 3 rings (SSSR count). The van der Waals surface area contributed by atoms with Crippen molar-refractivity contribution >= 4 is 16.7 Å². The first-order valence-corrected chi connectivity index (χ1v) is 8.40. The second-order valence-electron chi connectivity index (χ2n) is 7.13. The maximum Gasteiger partial charge on any atom is 0.338 e. The highest BCUT2D eigenvalue weighted by molar-refractivity contribution is 5.90. The molecule has 0 radical (unpaired) electrons. The molecule has 0 spiro atoms. The summed E-state index contributed by atoms with van der Waals surface area (Å²) in [5, 5.41) is 11.1. The molecule has 1 aromatic heterocycles. The number of aliphatic hydroxyl groups is 1. The molecule has 1 N–H and O–H groups in total. The summed E-state index contributed by atoms with van der Waals surface area (Å²) in [7, 11) is 0. The van der Waals surface area contributed by atoms with Crippen molar-refractivity contribution in [1.29, 1.82) is 0 Å². The third kappa shape index (κ3) is 3.13. The minimum atomic E-state index is -0.779. The molecule has 0 aliphatic heterocycles.